The Kier molecular flexibility index (Phi) is 3.58. The molecule has 2 nitrogen and oxygen atoms in total. The van der Waals surface area contributed by atoms with Gasteiger partial charge in [-0.2, -0.15) is 0 Å². The molecule has 0 spiro atoms. The molecule has 68 valence electrons. The Hall–Kier alpha value is -0.520. The second-order valence-electron chi connectivity index (χ2n) is 3.72. The Morgan fingerprint density at radius 1 is 1.67 bits per heavy atom. The average molecular weight is 166 g/mol. The van der Waals surface area contributed by atoms with Crippen molar-refractivity contribution < 1.29 is 0 Å². The molecule has 1 saturated heterocycles. The van der Waals surface area contributed by atoms with Crippen LogP contribution in [0.3, 0.4) is 0 Å². The van der Waals surface area contributed by atoms with E-state index in [1.54, 1.807) is 0 Å². The van der Waals surface area contributed by atoms with E-state index in [1.165, 1.54) is 19.5 Å². The standard InChI is InChI=1S/C10H18N2/c1-4-6-11-10-5-7-12(3)8-9(10)2/h1,9-11H,5-8H2,2-3H3. The number of rotatable bonds is 2. The number of hydrogen-bond donors (Lipinski definition) is 1. The number of nitrogens with one attached hydrogen (secondary N) is 1. The molecule has 0 radical (unpaired) electrons. The summed E-state index contributed by atoms with van der Waals surface area (Å²) in [5, 5.41) is 3.38. The SMILES string of the molecule is C#CCNC1CCN(C)CC1C. The largest absolute Gasteiger partial charge is 0.306 e. The van der Waals surface area contributed by atoms with Crippen LogP contribution in [0.5, 0.6) is 0 Å². The molecule has 2 unspecified atom stereocenters. The lowest BCUT2D eigenvalue weighted by molar-refractivity contribution is 0.178. The monoisotopic (exact) mass is 166 g/mol. The molecule has 1 fully saturated rings. The summed E-state index contributed by atoms with van der Waals surface area (Å²) in [5.74, 6) is 3.34. The number of terminal acetylenes is 1. The third-order valence-corrected chi connectivity index (χ3v) is 2.57. The van der Waals surface area contributed by atoms with Crippen LogP contribution in [-0.2, 0) is 0 Å². The van der Waals surface area contributed by atoms with Crippen molar-refractivity contribution >= 4 is 0 Å². The van der Waals surface area contributed by atoms with Crippen molar-refractivity contribution in [2.24, 2.45) is 5.92 Å². The van der Waals surface area contributed by atoms with E-state index in [0.717, 1.165) is 5.92 Å². The fourth-order valence-electron chi connectivity index (χ4n) is 1.85. The number of nitrogens with zero attached hydrogens (tertiary/aromatic N) is 1. The summed E-state index contributed by atoms with van der Waals surface area (Å²) < 4.78 is 0. The average Bonchev–Trinajstić information content (AvgIpc) is 2.03. The topological polar surface area (TPSA) is 15.3 Å². The Labute approximate surface area is 75.3 Å². The summed E-state index contributed by atoms with van der Waals surface area (Å²) in [4.78, 5) is 2.37. The summed E-state index contributed by atoms with van der Waals surface area (Å²) in [5.41, 5.74) is 0. The highest BCUT2D eigenvalue weighted by atomic mass is 15.1. The summed E-state index contributed by atoms with van der Waals surface area (Å²) >= 11 is 0. The minimum absolute atomic E-state index is 0.622. The van der Waals surface area contributed by atoms with Gasteiger partial charge in [-0.25, -0.2) is 0 Å². The molecule has 2 heteroatoms. The van der Waals surface area contributed by atoms with Gasteiger partial charge in [0.1, 0.15) is 0 Å². The van der Waals surface area contributed by atoms with Gasteiger partial charge in [-0.1, -0.05) is 12.8 Å². The smallest absolute Gasteiger partial charge is 0.0576 e. The van der Waals surface area contributed by atoms with E-state index in [0.29, 0.717) is 12.6 Å². The first-order valence-corrected chi connectivity index (χ1v) is 4.59. The van der Waals surface area contributed by atoms with Gasteiger partial charge in [0, 0.05) is 12.6 Å². The lowest BCUT2D eigenvalue weighted by atomic mass is 9.94. The van der Waals surface area contributed by atoms with Crippen molar-refractivity contribution in [1.29, 1.82) is 0 Å². The van der Waals surface area contributed by atoms with E-state index in [2.05, 4.69) is 30.1 Å². The molecular weight excluding hydrogens is 148 g/mol. The molecule has 1 N–H and O–H groups in total. The van der Waals surface area contributed by atoms with Crippen LogP contribution in [0.25, 0.3) is 0 Å². The van der Waals surface area contributed by atoms with Gasteiger partial charge >= 0.3 is 0 Å². The molecule has 0 aromatic rings. The number of piperidine rings is 1. The van der Waals surface area contributed by atoms with Gasteiger partial charge in [0.05, 0.1) is 6.54 Å². The van der Waals surface area contributed by atoms with Gasteiger partial charge < -0.3 is 10.2 Å². The van der Waals surface area contributed by atoms with Gasteiger partial charge in [-0.05, 0) is 25.9 Å². The maximum absolute atomic E-state index is 5.20. The molecule has 1 rings (SSSR count). The lowest BCUT2D eigenvalue weighted by Gasteiger charge is -2.34. The van der Waals surface area contributed by atoms with Gasteiger partial charge in [0.25, 0.3) is 0 Å². The second kappa shape index (κ2) is 4.49. The Bertz CT molecular complexity index is 171. The molecule has 2 atom stereocenters. The first-order valence-electron chi connectivity index (χ1n) is 4.59. The van der Waals surface area contributed by atoms with Crippen molar-refractivity contribution in [3.8, 4) is 12.3 Å². The van der Waals surface area contributed by atoms with Gasteiger partial charge in [-0.3, -0.25) is 0 Å². The molecular formula is C10H18N2. The minimum atomic E-state index is 0.622. The first kappa shape index (κ1) is 9.57. The molecule has 0 aromatic heterocycles. The zero-order valence-corrected chi connectivity index (χ0v) is 8.01. The summed E-state index contributed by atoms with van der Waals surface area (Å²) in [6, 6.07) is 0.622. The number of likely N-dealkylation sites (tertiary alicyclic amines) is 1. The van der Waals surface area contributed by atoms with Gasteiger partial charge in [0.15, 0.2) is 0 Å². The molecule has 1 heterocycles. The maximum Gasteiger partial charge on any atom is 0.0576 e. The Morgan fingerprint density at radius 3 is 3.00 bits per heavy atom. The van der Waals surface area contributed by atoms with Crippen LogP contribution in [0.15, 0.2) is 0 Å². The predicted octanol–water partition coefficient (Wildman–Crippen LogP) is 0.549. The quantitative estimate of drug-likeness (QED) is 0.603. The van der Waals surface area contributed by atoms with Gasteiger partial charge in [-0.15, -0.1) is 6.42 Å². The molecule has 12 heavy (non-hydrogen) atoms. The Morgan fingerprint density at radius 2 is 2.42 bits per heavy atom. The predicted molar refractivity (Wildman–Crippen MR) is 51.9 cm³/mol. The van der Waals surface area contributed by atoms with Crippen LogP contribution in [0, 0.1) is 18.3 Å². The Balaban J connectivity index is 2.30. The maximum atomic E-state index is 5.20. The van der Waals surface area contributed by atoms with Crippen molar-refractivity contribution in [2.75, 3.05) is 26.7 Å². The van der Waals surface area contributed by atoms with Crippen LogP contribution in [-0.4, -0.2) is 37.6 Å². The van der Waals surface area contributed by atoms with Crippen molar-refractivity contribution in [2.45, 2.75) is 19.4 Å². The van der Waals surface area contributed by atoms with Crippen molar-refractivity contribution in [1.82, 2.24) is 10.2 Å². The van der Waals surface area contributed by atoms with Crippen LogP contribution in [0.4, 0.5) is 0 Å². The lowest BCUT2D eigenvalue weighted by Crippen LogP contribution is -2.47. The molecule has 1 aliphatic rings. The molecule has 0 amide bonds. The fourth-order valence-corrected chi connectivity index (χ4v) is 1.85. The zero-order chi connectivity index (χ0) is 8.97. The van der Waals surface area contributed by atoms with E-state index >= 15 is 0 Å². The highest BCUT2D eigenvalue weighted by Crippen LogP contribution is 2.14. The molecule has 0 saturated carbocycles. The second-order valence-corrected chi connectivity index (χ2v) is 3.72. The van der Waals surface area contributed by atoms with Crippen LogP contribution < -0.4 is 5.32 Å². The third-order valence-electron chi connectivity index (χ3n) is 2.57. The molecule has 0 bridgehead atoms. The molecule has 1 aliphatic heterocycles. The molecule has 0 aliphatic carbocycles. The van der Waals surface area contributed by atoms with Crippen LogP contribution in [0.1, 0.15) is 13.3 Å². The zero-order valence-electron chi connectivity index (χ0n) is 8.01. The highest BCUT2D eigenvalue weighted by Gasteiger charge is 2.22. The van der Waals surface area contributed by atoms with E-state index in [-0.39, 0.29) is 0 Å². The fraction of sp³-hybridized carbons (Fsp3) is 0.800. The minimum Gasteiger partial charge on any atom is -0.306 e. The summed E-state index contributed by atoms with van der Waals surface area (Å²) in [7, 11) is 2.17. The van der Waals surface area contributed by atoms with Gasteiger partial charge in [0.2, 0.25) is 0 Å². The van der Waals surface area contributed by atoms with E-state index in [1.807, 2.05) is 0 Å². The normalized spacial score (nSPS) is 31.4. The van der Waals surface area contributed by atoms with E-state index < -0.39 is 0 Å². The van der Waals surface area contributed by atoms with Crippen LogP contribution >= 0.6 is 0 Å². The van der Waals surface area contributed by atoms with E-state index in [4.69, 9.17) is 6.42 Å². The number of hydrogen-bond acceptors (Lipinski definition) is 2. The molecule has 0 aromatic carbocycles. The third kappa shape index (κ3) is 2.51. The van der Waals surface area contributed by atoms with Crippen molar-refractivity contribution in [3.63, 3.8) is 0 Å². The highest BCUT2D eigenvalue weighted by molar-refractivity contribution is 4.90. The van der Waals surface area contributed by atoms with E-state index in [9.17, 15) is 0 Å². The first-order chi connectivity index (χ1) is 5.74. The summed E-state index contributed by atoms with van der Waals surface area (Å²) in [6.07, 6.45) is 6.42. The van der Waals surface area contributed by atoms with Crippen LogP contribution in [0.2, 0.25) is 0 Å². The summed E-state index contributed by atoms with van der Waals surface area (Å²) in [6.45, 7) is 5.36. The van der Waals surface area contributed by atoms with Crippen molar-refractivity contribution in [3.05, 3.63) is 0 Å².